The summed E-state index contributed by atoms with van der Waals surface area (Å²) < 4.78 is 0.965. The van der Waals surface area contributed by atoms with Crippen molar-refractivity contribution in [2.24, 2.45) is 5.92 Å². The zero-order valence-electron chi connectivity index (χ0n) is 12.4. The quantitative estimate of drug-likeness (QED) is 0.895. The Morgan fingerprint density at radius 1 is 1.35 bits per heavy atom. The molecule has 0 fully saturated rings. The van der Waals surface area contributed by atoms with Gasteiger partial charge in [0.25, 0.3) is 0 Å². The minimum Gasteiger partial charge on any atom is -0.354 e. The van der Waals surface area contributed by atoms with Gasteiger partial charge < -0.3 is 10.2 Å². The average molecular weight is 341 g/mol. The van der Waals surface area contributed by atoms with Crippen molar-refractivity contribution in [2.75, 3.05) is 18.0 Å². The second-order valence-electron chi connectivity index (χ2n) is 5.05. The fraction of sp³-hybridized carbons (Fsp3) is 0.467. The number of amides is 2. The lowest BCUT2D eigenvalue weighted by molar-refractivity contribution is -0.124. The maximum atomic E-state index is 11.7. The largest absolute Gasteiger partial charge is 0.354 e. The van der Waals surface area contributed by atoms with Crippen molar-refractivity contribution in [2.45, 2.75) is 27.7 Å². The molecule has 0 bridgehead atoms. The molecule has 0 aromatic heterocycles. The lowest BCUT2D eigenvalue weighted by Crippen LogP contribution is -2.38. The van der Waals surface area contributed by atoms with Gasteiger partial charge in [-0.25, -0.2) is 0 Å². The Kier molecular flexibility index (Phi) is 6.20. The highest BCUT2D eigenvalue weighted by molar-refractivity contribution is 9.10. The van der Waals surface area contributed by atoms with Crippen molar-refractivity contribution in [3.63, 3.8) is 0 Å². The molecule has 1 aromatic carbocycles. The Bertz CT molecular complexity index is 501. The molecule has 0 saturated heterocycles. The molecule has 1 aromatic rings. The van der Waals surface area contributed by atoms with Gasteiger partial charge in [-0.3, -0.25) is 9.59 Å². The average Bonchev–Trinajstić information content (AvgIpc) is 2.37. The van der Waals surface area contributed by atoms with Gasteiger partial charge in [-0.2, -0.15) is 0 Å². The van der Waals surface area contributed by atoms with Gasteiger partial charge in [-0.1, -0.05) is 35.8 Å². The number of benzene rings is 1. The Morgan fingerprint density at radius 3 is 2.50 bits per heavy atom. The van der Waals surface area contributed by atoms with Crippen LogP contribution in [0.1, 0.15) is 26.3 Å². The van der Waals surface area contributed by atoms with Crippen LogP contribution in [0.2, 0.25) is 0 Å². The summed E-state index contributed by atoms with van der Waals surface area (Å²) in [5.74, 6) is -0.0903. The molecule has 0 aliphatic rings. The van der Waals surface area contributed by atoms with Crippen molar-refractivity contribution in [3.05, 3.63) is 28.2 Å². The normalized spacial score (nSPS) is 10.5. The Morgan fingerprint density at radius 2 is 2.00 bits per heavy atom. The van der Waals surface area contributed by atoms with Crippen LogP contribution in [0.4, 0.5) is 5.69 Å². The molecule has 110 valence electrons. The first kappa shape index (κ1) is 16.7. The molecule has 0 heterocycles. The minimum absolute atomic E-state index is 0.00131. The molecule has 4 nitrogen and oxygen atoms in total. The van der Waals surface area contributed by atoms with E-state index in [1.807, 2.05) is 39.0 Å². The second kappa shape index (κ2) is 7.43. The number of hydrogen-bond acceptors (Lipinski definition) is 2. The van der Waals surface area contributed by atoms with E-state index in [2.05, 4.69) is 21.2 Å². The SMILES string of the molecule is CC(=O)N(CCNC(=O)C(C)C)c1ccc(C)c(Br)c1. The van der Waals surface area contributed by atoms with Crippen LogP contribution >= 0.6 is 15.9 Å². The molecule has 0 saturated carbocycles. The van der Waals surface area contributed by atoms with Crippen molar-refractivity contribution in [1.29, 1.82) is 0 Å². The third-order valence-electron chi connectivity index (χ3n) is 3.01. The van der Waals surface area contributed by atoms with Gasteiger partial charge in [0.2, 0.25) is 11.8 Å². The number of aryl methyl sites for hydroxylation is 1. The summed E-state index contributed by atoms with van der Waals surface area (Å²) in [6.07, 6.45) is 0. The van der Waals surface area contributed by atoms with Crippen LogP contribution in [-0.2, 0) is 9.59 Å². The first-order valence-electron chi connectivity index (χ1n) is 6.65. The van der Waals surface area contributed by atoms with E-state index in [1.165, 1.54) is 6.92 Å². The van der Waals surface area contributed by atoms with E-state index in [9.17, 15) is 9.59 Å². The van der Waals surface area contributed by atoms with Crippen LogP contribution in [0, 0.1) is 12.8 Å². The summed E-state index contributed by atoms with van der Waals surface area (Å²) in [7, 11) is 0. The third-order valence-corrected chi connectivity index (χ3v) is 3.86. The van der Waals surface area contributed by atoms with Gasteiger partial charge in [0.15, 0.2) is 0 Å². The summed E-state index contributed by atoms with van der Waals surface area (Å²) in [4.78, 5) is 24.9. The van der Waals surface area contributed by atoms with Crippen molar-refractivity contribution in [3.8, 4) is 0 Å². The van der Waals surface area contributed by atoms with Gasteiger partial charge in [0, 0.05) is 36.1 Å². The van der Waals surface area contributed by atoms with E-state index in [-0.39, 0.29) is 17.7 Å². The number of carbonyl (C=O) groups excluding carboxylic acids is 2. The minimum atomic E-state index is -0.0469. The molecule has 0 aliphatic heterocycles. The smallest absolute Gasteiger partial charge is 0.223 e. The monoisotopic (exact) mass is 340 g/mol. The number of rotatable bonds is 5. The van der Waals surface area contributed by atoms with Gasteiger partial charge in [-0.05, 0) is 24.6 Å². The molecular formula is C15H21BrN2O2. The van der Waals surface area contributed by atoms with Crippen LogP contribution in [0.3, 0.4) is 0 Å². The van der Waals surface area contributed by atoms with Crippen LogP contribution in [0.25, 0.3) is 0 Å². The van der Waals surface area contributed by atoms with Crippen LogP contribution in [-0.4, -0.2) is 24.9 Å². The Balaban J connectivity index is 2.72. The van der Waals surface area contributed by atoms with Crippen LogP contribution < -0.4 is 10.2 Å². The number of halogens is 1. The number of hydrogen-bond donors (Lipinski definition) is 1. The Labute approximate surface area is 128 Å². The number of carbonyl (C=O) groups is 2. The molecule has 2 amide bonds. The van der Waals surface area contributed by atoms with Crippen LogP contribution in [0.5, 0.6) is 0 Å². The molecule has 0 unspecified atom stereocenters. The summed E-state index contributed by atoms with van der Waals surface area (Å²) in [5, 5.41) is 2.82. The van der Waals surface area contributed by atoms with E-state index < -0.39 is 0 Å². The highest BCUT2D eigenvalue weighted by Crippen LogP contribution is 2.23. The van der Waals surface area contributed by atoms with Crippen molar-refractivity contribution >= 4 is 33.4 Å². The maximum absolute atomic E-state index is 11.7. The topological polar surface area (TPSA) is 49.4 Å². The first-order chi connectivity index (χ1) is 9.32. The summed E-state index contributed by atoms with van der Waals surface area (Å²) in [6.45, 7) is 8.11. The predicted octanol–water partition coefficient (Wildman–Crippen LogP) is 2.88. The molecule has 5 heteroatoms. The van der Waals surface area contributed by atoms with E-state index in [1.54, 1.807) is 4.90 Å². The summed E-state index contributed by atoms with van der Waals surface area (Å²) in [6, 6.07) is 5.79. The highest BCUT2D eigenvalue weighted by atomic mass is 79.9. The molecule has 0 atom stereocenters. The van der Waals surface area contributed by atoms with Gasteiger partial charge in [0.05, 0.1) is 0 Å². The number of anilines is 1. The maximum Gasteiger partial charge on any atom is 0.223 e. The van der Waals surface area contributed by atoms with Crippen molar-refractivity contribution < 1.29 is 9.59 Å². The summed E-state index contributed by atoms with van der Waals surface area (Å²) >= 11 is 3.47. The zero-order chi connectivity index (χ0) is 15.3. The van der Waals surface area contributed by atoms with E-state index in [0.29, 0.717) is 13.1 Å². The molecular weight excluding hydrogens is 320 g/mol. The predicted molar refractivity (Wildman–Crippen MR) is 84.8 cm³/mol. The van der Waals surface area contributed by atoms with Gasteiger partial charge in [0.1, 0.15) is 0 Å². The molecule has 1 rings (SSSR count). The van der Waals surface area contributed by atoms with Gasteiger partial charge >= 0.3 is 0 Å². The van der Waals surface area contributed by atoms with E-state index in [4.69, 9.17) is 0 Å². The van der Waals surface area contributed by atoms with E-state index in [0.717, 1.165) is 15.7 Å². The fourth-order valence-corrected chi connectivity index (χ4v) is 2.08. The molecule has 1 N–H and O–H groups in total. The van der Waals surface area contributed by atoms with E-state index >= 15 is 0 Å². The lowest BCUT2D eigenvalue weighted by Gasteiger charge is -2.22. The number of nitrogens with one attached hydrogen (secondary N) is 1. The lowest BCUT2D eigenvalue weighted by atomic mass is 10.2. The molecule has 0 radical (unpaired) electrons. The third kappa shape index (κ3) is 4.63. The molecule has 0 aliphatic carbocycles. The number of nitrogens with zero attached hydrogens (tertiary/aromatic N) is 1. The second-order valence-corrected chi connectivity index (χ2v) is 5.90. The Hall–Kier alpha value is -1.36. The fourth-order valence-electron chi connectivity index (χ4n) is 1.71. The van der Waals surface area contributed by atoms with Crippen molar-refractivity contribution in [1.82, 2.24) is 5.32 Å². The summed E-state index contributed by atoms with van der Waals surface area (Å²) in [5.41, 5.74) is 1.94. The molecule has 20 heavy (non-hydrogen) atoms. The highest BCUT2D eigenvalue weighted by Gasteiger charge is 2.13. The van der Waals surface area contributed by atoms with Gasteiger partial charge in [-0.15, -0.1) is 0 Å². The first-order valence-corrected chi connectivity index (χ1v) is 7.44. The van der Waals surface area contributed by atoms with Crippen LogP contribution in [0.15, 0.2) is 22.7 Å². The standard InChI is InChI=1S/C15H21BrN2O2/c1-10(2)15(20)17-7-8-18(12(4)19)13-6-5-11(3)14(16)9-13/h5-6,9-10H,7-8H2,1-4H3,(H,17,20). The zero-order valence-corrected chi connectivity index (χ0v) is 14.0. The molecule has 0 spiro atoms.